The highest BCUT2D eigenvalue weighted by atomic mass is 31.2. The molecule has 0 aromatic heterocycles. The Morgan fingerprint density at radius 2 is 0.903 bits per heavy atom. The fourth-order valence-electron chi connectivity index (χ4n) is 4.30. The first-order valence-corrected chi connectivity index (χ1v) is 14.9. The number of unbranched alkanes of at least 4 members (excludes halogenated alkanes) is 14. The Morgan fingerprint density at radius 1 is 0.548 bits per heavy atom. The van der Waals surface area contributed by atoms with E-state index in [9.17, 15) is 4.57 Å². The van der Waals surface area contributed by atoms with Crippen molar-refractivity contribution < 1.29 is 18.1 Å². The molecule has 5 heteroatoms. The van der Waals surface area contributed by atoms with E-state index in [0.717, 1.165) is 18.8 Å². The Hall–Kier alpha value is 0.110. The molecule has 0 rings (SSSR count). The molecular weight excluding hydrogens is 407 g/mol. The summed E-state index contributed by atoms with van der Waals surface area (Å²) in [5.74, 6) is 0.772. The third-order valence-corrected chi connectivity index (χ3v) is 7.78. The van der Waals surface area contributed by atoms with E-state index in [4.69, 9.17) is 13.6 Å². The van der Waals surface area contributed by atoms with Crippen molar-refractivity contribution in [3.63, 3.8) is 0 Å². The van der Waals surface area contributed by atoms with Crippen molar-refractivity contribution in [2.24, 2.45) is 5.92 Å². The minimum atomic E-state index is -3.33. The number of hydrogen-bond acceptors (Lipinski definition) is 4. The van der Waals surface area contributed by atoms with Gasteiger partial charge in [0, 0.05) is 14.2 Å². The van der Waals surface area contributed by atoms with Gasteiger partial charge in [0.15, 0.2) is 0 Å². The molecule has 0 atom stereocenters. The molecule has 0 spiro atoms. The molecule has 0 N–H and O–H groups in total. The first kappa shape index (κ1) is 31.1. The van der Waals surface area contributed by atoms with Gasteiger partial charge >= 0.3 is 7.82 Å². The Labute approximate surface area is 195 Å². The molecule has 4 nitrogen and oxygen atoms in total. The third kappa shape index (κ3) is 20.4. The zero-order valence-corrected chi connectivity index (χ0v) is 22.4. The Balaban J connectivity index is 4.04. The Bertz CT molecular complexity index is 375. The molecular formula is C26H55O4P. The number of phosphoric ester groups is 1. The van der Waals surface area contributed by atoms with Crippen molar-refractivity contribution in [3.05, 3.63) is 0 Å². The van der Waals surface area contributed by atoms with Gasteiger partial charge in [0.05, 0.1) is 6.61 Å². The van der Waals surface area contributed by atoms with E-state index in [1.165, 1.54) is 130 Å². The van der Waals surface area contributed by atoms with Crippen LogP contribution in [0.2, 0.25) is 0 Å². The zero-order valence-electron chi connectivity index (χ0n) is 21.5. The molecule has 0 aliphatic rings. The average molecular weight is 463 g/mol. The summed E-state index contributed by atoms with van der Waals surface area (Å²) in [4.78, 5) is 0. The highest BCUT2D eigenvalue weighted by Crippen LogP contribution is 2.47. The molecule has 0 aromatic carbocycles. The van der Waals surface area contributed by atoms with Gasteiger partial charge in [-0.2, -0.15) is 0 Å². The van der Waals surface area contributed by atoms with E-state index in [1.54, 1.807) is 0 Å². The molecule has 0 amide bonds. The van der Waals surface area contributed by atoms with Crippen molar-refractivity contribution >= 4 is 7.82 Å². The van der Waals surface area contributed by atoms with E-state index < -0.39 is 7.82 Å². The molecule has 0 aliphatic carbocycles. The minimum Gasteiger partial charge on any atom is -0.290 e. The van der Waals surface area contributed by atoms with E-state index in [2.05, 4.69) is 13.8 Å². The van der Waals surface area contributed by atoms with Gasteiger partial charge < -0.3 is 0 Å². The van der Waals surface area contributed by atoms with Gasteiger partial charge in [-0.1, -0.05) is 129 Å². The van der Waals surface area contributed by atoms with E-state index in [0.29, 0.717) is 6.61 Å². The lowest BCUT2D eigenvalue weighted by Gasteiger charge is -2.18. The van der Waals surface area contributed by atoms with Gasteiger partial charge in [0.25, 0.3) is 0 Å². The van der Waals surface area contributed by atoms with Crippen LogP contribution < -0.4 is 0 Å². The zero-order chi connectivity index (χ0) is 23.0. The van der Waals surface area contributed by atoms with Crippen LogP contribution in [0.15, 0.2) is 0 Å². The first-order valence-electron chi connectivity index (χ1n) is 13.5. The largest absolute Gasteiger partial charge is 0.474 e. The molecule has 0 bridgehead atoms. The maximum atomic E-state index is 12.0. The lowest BCUT2D eigenvalue weighted by Crippen LogP contribution is -2.04. The van der Waals surface area contributed by atoms with Crippen LogP contribution >= 0.6 is 7.82 Å². The molecule has 0 saturated heterocycles. The summed E-state index contributed by atoms with van der Waals surface area (Å²) in [6.07, 6.45) is 26.8. The summed E-state index contributed by atoms with van der Waals surface area (Å²) in [7, 11) is -0.580. The predicted molar refractivity (Wildman–Crippen MR) is 135 cm³/mol. The van der Waals surface area contributed by atoms with Crippen LogP contribution in [0.4, 0.5) is 0 Å². The molecule has 0 aliphatic heterocycles. The second-order valence-corrected chi connectivity index (χ2v) is 11.1. The third-order valence-electron chi connectivity index (χ3n) is 6.39. The average Bonchev–Trinajstić information content (AvgIpc) is 2.79. The van der Waals surface area contributed by atoms with Gasteiger partial charge in [-0.15, -0.1) is 0 Å². The fraction of sp³-hybridized carbons (Fsp3) is 1.00. The lowest BCUT2D eigenvalue weighted by molar-refractivity contribution is 0.147. The Morgan fingerprint density at radius 3 is 1.29 bits per heavy atom. The maximum absolute atomic E-state index is 12.0. The summed E-state index contributed by atoms with van der Waals surface area (Å²) < 4.78 is 27.1. The van der Waals surface area contributed by atoms with Crippen LogP contribution in [0.5, 0.6) is 0 Å². The van der Waals surface area contributed by atoms with Gasteiger partial charge in [-0.3, -0.25) is 13.6 Å². The van der Waals surface area contributed by atoms with Crippen molar-refractivity contribution in [3.8, 4) is 0 Å². The number of phosphoric acid groups is 1. The Kier molecular flexibility index (Phi) is 23.4. The second kappa shape index (κ2) is 23.3. The summed E-state index contributed by atoms with van der Waals surface area (Å²) in [5.41, 5.74) is 0. The van der Waals surface area contributed by atoms with Gasteiger partial charge in [-0.05, 0) is 18.8 Å². The van der Waals surface area contributed by atoms with Gasteiger partial charge in [0.2, 0.25) is 0 Å². The van der Waals surface area contributed by atoms with E-state index in [1.807, 2.05) is 0 Å². The maximum Gasteiger partial charge on any atom is 0.474 e. The summed E-state index contributed by atoms with van der Waals surface area (Å²) in [6.45, 7) is 5.01. The smallest absolute Gasteiger partial charge is 0.290 e. The summed E-state index contributed by atoms with van der Waals surface area (Å²) >= 11 is 0. The lowest BCUT2D eigenvalue weighted by atomic mass is 9.90. The summed E-state index contributed by atoms with van der Waals surface area (Å²) in [6, 6.07) is 0. The second-order valence-electron chi connectivity index (χ2n) is 9.18. The van der Waals surface area contributed by atoms with Gasteiger partial charge in [0.1, 0.15) is 0 Å². The normalized spacial score (nSPS) is 12.2. The molecule has 0 heterocycles. The fourth-order valence-corrected chi connectivity index (χ4v) is 5.01. The summed E-state index contributed by atoms with van der Waals surface area (Å²) in [5, 5.41) is 0. The highest BCUT2D eigenvalue weighted by Gasteiger charge is 2.22. The van der Waals surface area contributed by atoms with Crippen LogP contribution in [-0.2, 0) is 18.1 Å². The first-order chi connectivity index (χ1) is 15.1. The van der Waals surface area contributed by atoms with Crippen molar-refractivity contribution in [1.29, 1.82) is 0 Å². The molecule has 0 saturated carbocycles. The van der Waals surface area contributed by atoms with E-state index in [-0.39, 0.29) is 0 Å². The highest BCUT2D eigenvalue weighted by molar-refractivity contribution is 7.48. The van der Waals surface area contributed by atoms with Gasteiger partial charge in [-0.25, -0.2) is 4.57 Å². The molecule has 188 valence electrons. The molecule has 0 unspecified atom stereocenters. The monoisotopic (exact) mass is 462 g/mol. The van der Waals surface area contributed by atoms with Crippen molar-refractivity contribution in [2.45, 2.75) is 142 Å². The SMILES string of the molecule is CCCCCCCCCCC(CCCCCCCCCC)CCCOP(=O)(OC)OC. The molecule has 0 fully saturated rings. The molecule has 31 heavy (non-hydrogen) atoms. The number of hydrogen-bond donors (Lipinski definition) is 0. The topological polar surface area (TPSA) is 44.8 Å². The quantitative estimate of drug-likeness (QED) is 0.1000. The van der Waals surface area contributed by atoms with Crippen LogP contribution in [0.3, 0.4) is 0 Å². The van der Waals surface area contributed by atoms with Crippen molar-refractivity contribution in [1.82, 2.24) is 0 Å². The van der Waals surface area contributed by atoms with Crippen LogP contribution in [0, 0.1) is 5.92 Å². The van der Waals surface area contributed by atoms with Crippen LogP contribution in [0.25, 0.3) is 0 Å². The van der Waals surface area contributed by atoms with Crippen LogP contribution in [0.1, 0.15) is 142 Å². The minimum absolute atomic E-state index is 0.449. The van der Waals surface area contributed by atoms with Crippen molar-refractivity contribution in [2.75, 3.05) is 20.8 Å². The standard InChI is InChI=1S/C26H55O4P/c1-5-7-9-11-13-15-17-19-22-26(23-20-18-16-14-12-10-8-6-2)24-21-25-30-31(27,28-3)29-4/h26H,5-25H2,1-4H3. The van der Waals surface area contributed by atoms with E-state index >= 15 is 0 Å². The predicted octanol–water partition coefficient (Wildman–Crippen LogP) is 9.86. The van der Waals surface area contributed by atoms with Crippen LogP contribution in [-0.4, -0.2) is 20.8 Å². The number of rotatable bonds is 25. The molecule has 0 radical (unpaired) electrons. The molecule has 0 aromatic rings.